The molecule has 0 spiro atoms. The summed E-state index contributed by atoms with van der Waals surface area (Å²) < 4.78 is 0. The molecule has 3 aromatic rings. The van der Waals surface area contributed by atoms with Crippen LogP contribution in [0.2, 0.25) is 5.02 Å². The molecule has 12 heteroatoms. The molecule has 0 saturated heterocycles. The highest BCUT2D eigenvalue weighted by atomic mass is 35.5. The zero-order chi connectivity index (χ0) is 28.8. The van der Waals surface area contributed by atoms with Gasteiger partial charge in [0.15, 0.2) is 0 Å². The molecule has 3 aromatic carbocycles. The van der Waals surface area contributed by atoms with E-state index >= 15 is 0 Å². The van der Waals surface area contributed by atoms with E-state index in [0.29, 0.717) is 28.8 Å². The number of rotatable bonds is 9. The number of fused-ring (bicyclic) bond motifs is 1. The number of amides is 3. The summed E-state index contributed by atoms with van der Waals surface area (Å²) in [5.74, 6) is -3.77. The maximum atomic E-state index is 13.8. The number of aldehydes is 1. The highest BCUT2D eigenvalue weighted by molar-refractivity contribution is 6.32. The minimum atomic E-state index is -1.49. The van der Waals surface area contributed by atoms with Gasteiger partial charge in [0.2, 0.25) is 12.1 Å². The summed E-state index contributed by atoms with van der Waals surface area (Å²) in [6.45, 7) is -0.588. The highest BCUT2D eigenvalue weighted by Crippen LogP contribution is 2.29. The van der Waals surface area contributed by atoms with Crippen molar-refractivity contribution < 1.29 is 34.2 Å². The Balaban J connectivity index is 1.74. The van der Waals surface area contributed by atoms with Gasteiger partial charge in [-0.05, 0) is 24.3 Å². The third-order valence-corrected chi connectivity index (χ3v) is 6.24. The Morgan fingerprint density at radius 2 is 1.75 bits per heavy atom. The highest BCUT2D eigenvalue weighted by Gasteiger charge is 2.34. The number of nitrogens with zero attached hydrogens (tertiary/aromatic N) is 2. The van der Waals surface area contributed by atoms with Crippen molar-refractivity contribution in [3.05, 3.63) is 94.5 Å². The number of carbonyl (C=O) groups excluding carboxylic acids is 4. The number of aromatic hydroxyl groups is 1. The fourth-order valence-corrected chi connectivity index (χ4v) is 4.27. The number of carboxylic acid groups (broad SMARTS) is 1. The minimum Gasteiger partial charge on any atom is -0.506 e. The summed E-state index contributed by atoms with van der Waals surface area (Å²) in [5.41, 5.74) is 1.88. The lowest BCUT2D eigenvalue weighted by atomic mass is 10.0. The van der Waals surface area contributed by atoms with Gasteiger partial charge in [-0.2, -0.15) is 0 Å². The molecule has 0 fully saturated rings. The Labute approximate surface area is 233 Å². The summed E-state index contributed by atoms with van der Waals surface area (Å²) in [4.78, 5) is 67.8. The van der Waals surface area contributed by atoms with Crippen molar-refractivity contribution >= 4 is 53.0 Å². The number of benzodiazepines with no additional fused rings is 1. The average molecular weight is 563 g/mol. The smallest absolute Gasteiger partial charge is 0.305 e. The third-order valence-electron chi connectivity index (χ3n) is 5.94. The molecule has 1 aliphatic rings. The molecule has 0 aliphatic carbocycles. The predicted molar refractivity (Wildman–Crippen MR) is 145 cm³/mol. The second-order valence-corrected chi connectivity index (χ2v) is 9.14. The Morgan fingerprint density at radius 1 is 1.05 bits per heavy atom. The van der Waals surface area contributed by atoms with E-state index in [-0.39, 0.29) is 16.3 Å². The molecule has 3 amide bonds. The van der Waals surface area contributed by atoms with Crippen molar-refractivity contribution in [3.63, 3.8) is 0 Å². The van der Waals surface area contributed by atoms with Gasteiger partial charge in [-0.1, -0.05) is 60.1 Å². The molecular formula is C28H23ClN4O7. The van der Waals surface area contributed by atoms with E-state index < -0.39 is 48.9 Å². The van der Waals surface area contributed by atoms with Gasteiger partial charge < -0.3 is 25.6 Å². The summed E-state index contributed by atoms with van der Waals surface area (Å²) in [6.07, 6.45) is -1.82. The number of hydrogen-bond acceptors (Lipinski definition) is 7. The van der Waals surface area contributed by atoms with E-state index in [1.807, 2.05) is 6.07 Å². The van der Waals surface area contributed by atoms with Gasteiger partial charge in [-0.3, -0.25) is 24.1 Å². The number of anilines is 1. The van der Waals surface area contributed by atoms with Crippen LogP contribution in [0.3, 0.4) is 0 Å². The molecule has 1 aliphatic heterocycles. The molecule has 0 radical (unpaired) electrons. The van der Waals surface area contributed by atoms with Gasteiger partial charge in [-0.25, -0.2) is 4.99 Å². The van der Waals surface area contributed by atoms with Crippen LogP contribution in [0.15, 0.2) is 77.8 Å². The van der Waals surface area contributed by atoms with Crippen LogP contribution in [-0.4, -0.2) is 64.7 Å². The van der Waals surface area contributed by atoms with Crippen LogP contribution in [0.4, 0.5) is 5.69 Å². The third kappa shape index (κ3) is 6.33. The molecule has 1 heterocycles. The van der Waals surface area contributed by atoms with Gasteiger partial charge in [0.25, 0.3) is 11.8 Å². The standard InChI is InChI=1S/C28H23ClN4O7/c29-20-12-17(10-11-22(20)35)27(39)32-26-28(40)33(14-23(36)30-18(15-34)13-24(37)38)21-9-5-4-8-19(21)25(31-26)16-6-2-1-3-7-16/h1-12,15,18,26,35H,13-14H2,(H,30,36)(H,32,39)(H,37,38). The second kappa shape index (κ2) is 12.2. The van der Waals surface area contributed by atoms with Gasteiger partial charge >= 0.3 is 5.97 Å². The van der Waals surface area contributed by atoms with Crippen molar-refractivity contribution in [2.45, 2.75) is 18.6 Å². The lowest BCUT2D eigenvalue weighted by molar-refractivity contribution is -0.138. The van der Waals surface area contributed by atoms with Gasteiger partial charge in [-0.15, -0.1) is 0 Å². The second-order valence-electron chi connectivity index (χ2n) is 8.74. The minimum absolute atomic E-state index is 0.0561. The Hall–Kier alpha value is -5.03. The maximum Gasteiger partial charge on any atom is 0.305 e. The fraction of sp³-hybridized carbons (Fsp3) is 0.143. The van der Waals surface area contributed by atoms with Crippen molar-refractivity contribution in [1.82, 2.24) is 10.6 Å². The van der Waals surface area contributed by atoms with Crippen molar-refractivity contribution in [2.75, 3.05) is 11.4 Å². The van der Waals surface area contributed by atoms with Crippen LogP contribution < -0.4 is 15.5 Å². The molecule has 0 saturated carbocycles. The number of aliphatic imine (C=N–C) groups is 1. The Kier molecular flexibility index (Phi) is 8.55. The number of aliphatic carboxylic acids is 1. The summed E-state index contributed by atoms with van der Waals surface area (Å²) >= 11 is 5.95. The predicted octanol–water partition coefficient (Wildman–Crippen LogP) is 2.14. The van der Waals surface area contributed by atoms with Crippen LogP contribution >= 0.6 is 11.6 Å². The monoisotopic (exact) mass is 562 g/mol. The van der Waals surface area contributed by atoms with Gasteiger partial charge in [0, 0.05) is 16.7 Å². The van der Waals surface area contributed by atoms with Gasteiger partial charge in [0.1, 0.15) is 18.6 Å². The maximum absolute atomic E-state index is 13.8. The molecule has 2 unspecified atom stereocenters. The van der Waals surface area contributed by atoms with E-state index in [9.17, 15) is 29.1 Å². The molecule has 204 valence electrons. The van der Waals surface area contributed by atoms with Crippen molar-refractivity contribution in [2.24, 2.45) is 4.99 Å². The number of nitrogens with one attached hydrogen (secondary N) is 2. The Bertz CT molecular complexity index is 1510. The lowest BCUT2D eigenvalue weighted by Crippen LogP contribution is -2.51. The first-order valence-corrected chi connectivity index (χ1v) is 12.4. The zero-order valence-electron chi connectivity index (χ0n) is 20.8. The van der Waals surface area contributed by atoms with Gasteiger partial charge in [0.05, 0.1) is 28.9 Å². The molecule has 0 bridgehead atoms. The molecule has 11 nitrogen and oxygen atoms in total. The lowest BCUT2D eigenvalue weighted by Gasteiger charge is -2.25. The van der Waals surface area contributed by atoms with E-state index in [1.165, 1.54) is 18.2 Å². The fourth-order valence-electron chi connectivity index (χ4n) is 4.09. The van der Waals surface area contributed by atoms with Crippen molar-refractivity contribution in [3.8, 4) is 5.75 Å². The summed E-state index contributed by atoms with van der Waals surface area (Å²) in [7, 11) is 0. The molecule has 2 atom stereocenters. The quantitative estimate of drug-likeness (QED) is 0.290. The van der Waals surface area contributed by atoms with E-state index in [0.717, 1.165) is 4.90 Å². The van der Waals surface area contributed by atoms with E-state index in [2.05, 4.69) is 15.6 Å². The number of hydrogen-bond donors (Lipinski definition) is 4. The van der Waals surface area contributed by atoms with Crippen LogP contribution in [0.5, 0.6) is 5.75 Å². The largest absolute Gasteiger partial charge is 0.506 e. The molecule has 4 N–H and O–H groups in total. The first-order valence-electron chi connectivity index (χ1n) is 12.0. The molecule has 40 heavy (non-hydrogen) atoms. The van der Waals surface area contributed by atoms with Crippen LogP contribution in [0, 0.1) is 0 Å². The molecular weight excluding hydrogens is 540 g/mol. The van der Waals surface area contributed by atoms with E-state index in [4.69, 9.17) is 16.7 Å². The van der Waals surface area contributed by atoms with E-state index in [1.54, 1.807) is 48.5 Å². The topological polar surface area (TPSA) is 165 Å². The Morgan fingerprint density at radius 3 is 2.42 bits per heavy atom. The number of phenolic OH excluding ortho intramolecular Hbond substituents is 1. The number of halogens is 1. The summed E-state index contributed by atoms with van der Waals surface area (Å²) in [5, 5.41) is 23.5. The summed E-state index contributed by atoms with van der Waals surface area (Å²) in [6, 6.07) is 18.1. The normalized spacial score (nSPS) is 15.2. The average Bonchev–Trinajstić information content (AvgIpc) is 3.05. The number of carbonyl (C=O) groups is 5. The van der Waals surface area contributed by atoms with Crippen LogP contribution in [-0.2, 0) is 19.2 Å². The van der Waals surface area contributed by atoms with Crippen LogP contribution in [0.25, 0.3) is 0 Å². The molecule has 0 aromatic heterocycles. The first-order chi connectivity index (χ1) is 19.2. The van der Waals surface area contributed by atoms with Crippen molar-refractivity contribution in [1.29, 1.82) is 0 Å². The molecule has 4 rings (SSSR count). The zero-order valence-corrected chi connectivity index (χ0v) is 21.5. The SMILES string of the molecule is O=CC(CC(=O)O)NC(=O)CN1C(=O)C(NC(=O)c2ccc(O)c(Cl)c2)N=C(c2ccccc2)c2ccccc21. The van der Waals surface area contributed by atoms with Crippen LogP contribution in [0.1, 0.15) is 27.9 Å². The number of para-hydroxylation sites is 1. The number of carboxylic acids is 1. The first kappa shape index (κ1) is 28.0. The number of benzene rings is 3. The number of phenols is 1.